The van der Waals surface area contributed by atoms with Gasteiger partial charge in [0.1, 0.15) is 12.0 Å². The first-order chi connectivity index (χ1) is 17.7. The third kappa shape index (κ3) is 4.28. The molecule has 2 saturated heterocycles. The highest BCUT2D eigenvalue weighted by atomic mass is 19.1. The van der Waals surface area contributed by atoms with Crippen molar-refractivity contribution < 1.29 is 13.9 Å². The van der Waals surface area contributed by atoms with Crippen LogP contribution >= 0.6 is 0 Å². The molecule has 1 saturated carbocycles. The molecule has 37 heavy (non-hydrogen) atoms. The molecule has 0 unspecified atom stereocenters. The standard InChI is InChI=1S/C28H35FN6O2/c1-17-9-20-12-30-24(32-27(36)26-18(2)25(26)21-13-31-33(4)14-21)11-19(20)10-22(17)34-5-7-35(8-6-34)28(3)16-37-15-23(28)29/h9-14,18,23,25-26H,5-8,15-16H2,1-4H3,(H,30,32,36)/t18-,23-,25-,26+,28+/m0/s1. The molecule has 1 aromatic carbocycles. The summed E-state index contributed by atoms with van der Waals surface area (Å²) in [7, 11) is 1.89. The monoisotopic (exact) mass is 506 g/mol. The van der Waals surface area contributed by atoms with Crippen molar-refractivity contribution in [1.82, 2.24) is 19.7 Å². The summed E-state index contributed by atoms with van der Waals surface area (Å²) in [5.74, 6) is 0.996. The molecule has 4 heterocycles. The molecule has 3 aromatic rings. The van der Waals surface area contributed by atoms with Gasteiger partial charge >= 0.3 is 0 Å². The predicted octanol–water partition coefficient (Wildman–Crippen LogP) is 3.51. The van der Waals surface area contributed by atoms with Crippen LogP contribution in [-0.2, 0) is 16.6 Å². The number of nitrogens with zero attached hydrogens (tertiary/aromatic N) is 5. The third-order valence-corrected chi connectivity index (χ3v) is 8.76. The van der Waals surface area contributed by atoms with Gasteiger partial charge in [0, 0.05) is 68.5 Å². The topological polar surface area (TPSA) is 75.5 Å². The molecule has 6 rings (SSSR count). The van der Waals surface area contributed by atoms with E-state index in [4.69, 9.17) is 4.74 Å². The number of anilines is 2. The van der Waals surface area contributed by atoms with Gasteiger partial charge in [-0.3, -0.25) is 14.4 Å². The van der Waals surface area contributed by atoms with Gasteiger partial charge in [0.25, 0.3) is 0 Å². The van der Waals surface area contributed by atoms with Crippen LogP contribution in [0.5, 0.6) is 0 Å². The Labute approximate surface area is 216 Å². The zero-order valence-electron chi connectivity index (χ0n) is 21.9. The van der Waals surface area contributed by atoms with E-state index in [9.17, 15) is 9.18 Å². The first-order valence-corrected chi connectivity index (χ1v) is 13.2. The molecule has 8 nitrogen and oxygen atoms in total. The summed E-state index contributed by atoms with van der Waals surface area (Å²) < 4.78 is 21.7. The maximum atomic E-state index is 14.5. The smallest absolute Gasteiger partial charge is 0.229 e. The molecular formula is C28H35FN6O2. The number of alkyl halides is 1. The number of hydrogen-bond donors (Lipinski definition) is 1. The van der Waals surface area contributed by atoms with Crippen molar-refractivity contribution in [3.63, 3.8) is 0 Å². The van der Waals surface area contributed by atoms with Gasteiger partial charge in [0.05, 0.1) is 24.9 Å². The number of hydrogen-bond acceptors (Lipinski definition) is 6. The average molecular weight is 507 g/mol. The van der Waals surface area contributed by atoms with Crippen LogP contribution in [0.2, 0.25) is 0 Å². The fourth-order valence-corrected chi connectivity index (χ4v) is 6.29. The van der Waals surface area contributed by atoms with Crippen LogP contribution in [0.3, 0.4) is 0 Å². The molecule has 1 N–H and O–H groups in total. The first-order valence-electron chi connectivity index (χ1n) is 13.2. The van der Waals surface area contributed by atoms with Crippen LogP contribution in [0.1, 0.15) is 30.9 Å². The average Bonchev–Trinajstić information content (AvgIpc) is 3.15. The normalized spacial score (nSPS) is 30.1. The number of halogens is 1. The highest BCUT2D eigenvalue weighted by Gasteiger charge is 2.53. The minimum atomic E-state index is -0.944. The molecule has 0 radical (unpaired) electrons. The number of aryl methyl sites for hydroxylation is 2. The molecule has 1 aliphatic carbocycles. The van der Waals surface area contributed by atoms with Crippen LogP contribution in [0, 0.1) is 18.8 Å². The number of ether oxygens (including phenoxy) is 1. The van der Waals surface area contributed by atoms with Crippen molar-refractivity contribution in [3.05, 3.63) is 47.9 Å². The molecule has 0 bridgehead atoms. The van der Waals surface area contributed by atoms with Crippen LogP contribution in [0.4, 0.5) is 15.9 Å². The summed E-state index contributed by atoms with van der Waals surface area (Å²) in [4.78, 5) is 22.2. The molecule has 5 atom stereocenters. The number of benzene rings is 1. The summed E-state index contributed by atoms with van der Waals surface area (Å²) in [5.41, 5.74) is 2.94. The van der Waals surface area contributed by atoms with Crippen molar-refractivity contribution in [2.45, 2.75) is 38.4 Å². The van der Waals surface area contributed by atoms with E-state index < -0.39 is 11.7 Å². The van der Waals surface area contributed by atoms with Crippen molar-refractivity contribution in [1.29, 1.82) is 0 Å². The van der Waals surface area contributed by atoms with E-state index in [0.717, 1.165) is 42.5 Å². The number of pyridine rings is 1. The van der Waals surface area contributed by atoms with Crippen molar-refractivity contribution in [2.75, 3.05) is 49.6 Å². The molecular weight excluding hydrogens is 471 g/mol. The quantitative estimate of drug-likeness (QED) is 0.571. The first kappa shape index (κ1) is 24.3. The number of carbonyl (C=O) groups excluding carboxylic acids is 1. The molecule has 9 heteroatoms. The van der Waals surface area contributed by atoms with Crippen molar-refractivity contribution >= 4 is 28.2 Å². The second kappa shape index (κ2) is 9.06. The minimum Gasteiger partial charge on any atom is -0.376 e. The number of rotatable bonds is 5. The van der Waals surface area contributed by atoms with Gasteiger partial charge in [-0.2, -0.15) is 5.10 Å². The maximum absolute atomic E-state index is 14.5. The Balaban J connectivity index is 1.16. The fourth-order valence-electron chi connectivity index (χ4n) is 6.29. The van der Waals surface area contributed by atoms with E-state index in [-0.39, 0.29) is 30.3 Å². The summed E-state index contributed by atoms with van der Waals surface area (Å²) >= 11 is 0. The molecule has 2 aromatic heterocycles. The number of piperazine rings is 1. The second-order valence-corrected chi connectivity index (χ2v) is 11.2. The van der Waals surface area contributed by atoms with Crippen LogP contribution < -0.4 is 10.2 Å². The van der Waals surface area contributed by atoms with Gasteiger partial charge in [0.2, 0.25) is 5.91 Å². The van der Waals surface area contributed by atoms with Gasteiger partial charge in [-0.15, -0.1) is 0 Å². The Morgan fingerprint density at radius 2 is 1.95 bits per heavy atom. The fraction of sp³-hybridized carbons (Fsp3) is 0.536. The molecule has 196 valence electrons. The van der Waals surface area contributed by atoms with Gasteiger partial charge < -0.3 is 15.0 Å². The lowest BCUT2D eigenvalue weighted by Crippen LogP contribution is -2.59. The Morgan fingerprint density at radius 3 is 2.62 bits per heavy atom. The zero-order valence-corrected chi connectivity index (χ0v) is 21.9. The third-order valence-electron chi connectivity index (χ3n) is 8.76. The maximum Gasteiger partial charge on any atom is 0.229 e. The summed E-state index contributed by atoms with van der Waals surface area (Å²) in [6, 6.07) is 6.30. The molecule has 0 spiro atoms. The highest BCUT2D eigenvalue weighted by molar-refractivity contribution is 5.97. The Hall–Kier alpha value is -3.04. The van der Waals surface area contributed by atoms with Gasteiger partial charge in [-0.1, -0.05) is 6.92 Å². The minimum absolute atomic E-state index is 0.00668. The van der Waals surface area contributed by atoms with Gasteiger partial charge in [-0.25, -0.2) is 9.37 Å². The number of nitrogens with one attached hydrogen (secondary N) is 1. The molecule has 2 aliphatic heterocycles. The highest BCUT2D eigenvalue weighted by Crippen LogP contribution is 2.54. The number of carbonyl (C=O) groups is 1. The van der Waals surface area contributed by atoms with Crippen LogP contribution in [0.25, 0.3) is 10.8 Å². The number of amides is 1. The lowest BCUT2D eigenvalue weighted by atomic mass is 9.96. The van der Waals surface area contributed by atoms with E-state index in [2.05, 4.69) is 51.2 Å². The van der Waals surface area contributed by atoms with E-state index in [1.165, 1.54) is 11.3 Å². The summed E-state index contributed by atoms with van der Waals surface area (Å²) in [6.45, 7) is 10.1. The Kier molecular flexibility index (Phi) is 5.95. The molecule has 1 amide bonds. The van der Waals surface area contributed by atoms with Crippen molar-refractivity contribution in [2.24, 2.45) is 18.9 Å². The summed E-state index contributed by atoms with van der Waals surface area (Å²) in [6.07, 6.45) is 4.73. The Morgan fingerprint density at radius 1 is 1.16 bits per heavy atom. The Bertz CT molecular complexity index is 1340. The molecule has 3 aliphatic rings. The predicted molar refractivity (Wildman–Crippen MR) is 142 cm³/mol. The van der Waals surface area contributed by atoms with Gasteiger partial charge in [-0.05, 0) is 54.5 Å². The SMILES string of the molecule is Cc1cc2cnc(NC(=O)[C@@H]3[C@@H](C)[C@H]3c3cnn(C)c3)cc2cc1N1CCN([C@]2(C)COC[C@@H]2F)CC1. The zero-order chi connectivity index (χ0) is 25.9. The second-order valence-electron chi connectivity index (χ2n) is 11.2. The lowest BCUT2D eigenvalue weighted by Gasteiger charge is -2.45. The van der Waals surface area contributed by atoms with E-state index in [0.29, 0.717) is 12.4 Å². The summed E-state index contributed by atoms with van der Waals surface area (Å²) in [5, 5.41) is 9.39. The van der Waals surface area contributed by atoms with Crippen LogP contribution in [-0.4, -0.2) is 76.7 Å². The van der Waals surface area contributed by atoms with E-state index in [1.54, 1.807) is 4.68 Å². The largest absolute Gasteiger partial charge is 0.376 e. The number of fused-ring (bicyclic) bond motifs is 1. The lowest BCUT2D eigenvalue weighted by molar-refractivity contribution is -0.117. The van der Waals surface area contributed by atoms with E-state index in [1.807, 2.05) is 38.6 Å². The van der Waals surface area contributed by atoms with Crippen LogP contribution in [0.15, 0.2) is 36.8 Å². The van der Waals surface area contributed by atoms with Crippen molar-refractivity contribution in [3.8, 4) is 0 Å². The van der Waals surface area contributed by atoms with Gasteiger partial charge in [0.15, 0.2) is 0 Å². The van der Waals surface area contributed by atoms with E-state index >= 15 is 0 Å². The number of aromatic nitrogens is 3. The molecule has 3 fully saturated rings.